The highest BCUT2D eigenvalue weighted by Gasteiger charge is 2.07. The van der Waals surface area contributed by atoms with Crippen LogP contribution in [0.25, 0.3) is 6.08 Å². The number of carbonyl (C=O) groups is 2. The molecule has 2 aromatic rings. The van der Waals surface area contributed by atoms with Crippen LogP contribution in [0, 0.1) is 6.92 Å². The predicted molar refractivity (Wildman–Crippen MR) is 77.8 cm³/mol. The second-order valence-corrected chi connectivity index (χ2v) is 4.26. The standard InChI is InChI=1S/C15H13N3O3/c1-10-5-6-11(9-16-10)15(21)18-13-4-2-3-12(17-13)7-8-14(19)20/h2-9H,1H3,(H,19,20)(H,17,18,21). The zero-order valence-electron chi connectivity index (χ0n) is 11.3. The smallest absolute Gasteiger partial charge is 0.328 e. The van der Waals surface area contributed by atoms with Crippen molar-refractivity contribution in [1.29, 1.82) is 0 Å². The molecule has 2 aromatic heterocycles. The molecule has 2 N–H and O–H groups in total. The Labute approximate surface area is 121 Å². The Balaban J connectivity index is 2.12. The quantitative estimate of drug-likeness (QED) is 0.839. The number of hydrogen-bond acceptors (Lipinski definition) is 4. The minimum atomic E-state index is -1.06. The number of rotatable bonds is 4. The van der Waals surface area contributed by atoms with Gasteiger partial charge < -0.3 is 10.4 Å². The number of hydrogen-bond donors (Lipinski definition) is 2. The van der Waals surface area contributed by atoms with Gasteiger partial charge in [0, 0.05) is 18.0 Å². The maximum absolute atomic E-state index is 12.0. The first-order chi connectivity index (χ1) is 10.0. The maximum Gasteiger partial charge on any atom is 0.328 e. The Kier molecular flexibility index (Phi) is 4.40. The molecule has 0 unspecified atom stereocenters. The van der Waals surface area contributed by atoms with E-state index in [1.54, 1.807) is 30.3 Å². The first kappa shape index (κ1) is 14.4. The van der Waals surface area contributed by atoms with E-state index in [2.05, 4.69) is 15.3 Å². The van der Waals surface area contributed by atoms with Crippen LogP contribution in [0.1, 0.15) is 21.7 Å². The topological polar surface area (TPSA) is 92.2 Å². The van der Waals surface area contributed by atoms with Gasteiger partial charge in [-0.1, -0.05) is 6.07 Å². The molecular formula is C15H13N3O3. The van der Waals surface area contributed by atoms with Gasteiger partial charge in [-0.2, -0.15) is 0 Å². The second-order valence-electron chi connectivity index (χ2n) is 4.26. The van der Waals surface area contributed by atoms with Crippen LogP contribution >= 0.6 is 0 Å². The number of aryl methyl sites for hydroxylation is 1. The number of aliphatic carboxylic acids is 1. The molecule has 2 heterocycles. The van der Waals surface area contributed by atoms with E-state index < -0.39 is 5.97 Å². The molecule has 0 aromatic carbocycles. The molecule has 0 bridgehead atoms. The number of aromatic nitrogens is 2. The lowest BCUT2D eigenvalue weighted by atomic mass is 10.2. The third-order valence-corrected chi connectivity index (χ3v) is 2.58. The van der Waals surface area contributed by atoms with Crippen LogP contribution in [-0.4, -0.2) is 27.0 Å². The van der Waals surface area contributed by atoms with Crippen molar-refractivity contribution in [2.75, 3.05) is 5.32 Å². The first-order valence-corrected chi connectivity index (χ1v) is 6.16. The van der Waals surface area contributed by atoms with Gasteiger partial charge in [-0.3, -0.25) is 9.78 Å². The van der Waals surface area contributed by atoms with Crippen molar-refractivity contribution in [3.63, 3.8) is 0 Å². The van der Waals surface area contributed by atoms with Crippen molar-refractivity contribution in [3.8, 4) is 0 Å². The van der Waals surface area contributed by atoms with Gasteiger partial charge in [-0.05, 0) is 37.3 Å². The van der Waals surface area contributed by atoms with Crippen LogP contribution in [-0.2, 0) is 4.79 Å². The predicted octanol–water partition coefficient (Wildman–Crippen LogP) is 2.14. The lowest BCUT2D eigenvalue weighted by molar-refractivity contribution is -0.131. The Morgan fingerprint density at radius 3 is 2.71 bits per heavy atom. The second kappa shape index (κ2) is 6.42. The summed E-state index contributed by atoms with van der Waals surface area (Å²) in [6.07, 6.45) is 3.82. The van der Waals surface area contributed by atoms with E-state index in [9.17, 15) is 9.59 Å². The van der Waals surface area contributed by atoms with Gasteiger partial charge >= 0.3 is 5.97 Å². The van der Waals surface area contributed by atoms with Gasteiger partial charge in [0.25, 0.3) is 5.91 Å². The summed E-state index contributed by atoms with van der Waals surface area (Å²) in [5.41, 5.74) is 1.69. The highest BCUT2D eigenvalue weighted by atomic mass is 16.4. The van der Waals surface area contributed by atoms with Crippen LogP contribution in [0.5, 0.6) is 0 Å². The summed E-state index contributed by atoms with van der Waals surface area (Å²) in [5, 5.41) is 11.2. The monoisotopic (exact) mass is 283 g/mol. The summed E-state index contributed by atoms with van der Waals surface area (Å²) in [6, 6.07) is 8.36. The van der Waals surface area contributed by atoms with Crippen LogP contribution in [0.2, 0.25) is 0 Å². The van der Waals surface area contributed by atoms with Crippen molar-refractivity contribution in [3.05, 3.63) is 59.6 Å². The van der Waals surface area contributed by atoms with Crippen LogP contribution in [0.15, 0.2) is 42.6 Å². The maximum atomic E-state index is 12.0. The van der Waals surface area contributed by atoms with E-state index in [4.69, 9.17) is 5.11 Å². The van der Waals surface area contributed by atoms with Crippen molar-refractivity contribution in [2.45, 2.75) is 6.92 Å². The molecule has 0 saturated heterocycles. The minimum absolute atomic E-state index is 0.325. The molecule has 6 heteroatoms. The first-order valence-electron chi connectivity index (χ1n) is 6.16. The molecule has 21 heavy (non-hydrogen) atoms. The van der Waals surface area contributed by atoms with Gasteiger partial charge in [-0.15, -0.1) is 0 Å². The summed E-state index contributed by atoms with van der Waals surface area (Å²) in [4.78, 5) is 30.6. The molecule has 0 aliphatic rings. The average molecular weight is 283 g/mol. The Bertz CT molecular complexity index is 694. The number of carboxylic acid groups (broad SMARTS) is 1. The summed E-state index contributed by atoms with van der Waals surface area (Å²) in [5.74, 6) is -1.04. The fourth-order valence-electron chi connectivity index (χ4n) is 1.56. The molecule has 0 aliphatic heterocycles. The lowest BCUT2D eigenvalue weighted by Crippen LogP contribution is -2.13. The Hall–Kier alpha value is -3.02. The highest BCUT2D eigenvalue weighted by molar-refractivity contribution is 6.03. The molecule has 106 valence electrons. The normalized spacial score (nSPS) is 10.5. The zero-order chi connectivity index (χ0) is 15.2. The fourth-order valence-corrected chi connectivity index (χ4v) is 1.56. The molecule has 0 aliphatic carbocycles. The molecule has 0 radical (unpaired) electrons. The molecule has 6 nitrogen and oxygen atoms in total. The van der Waals surface area contributed by atoms with Gasteiger partial charge in [0.15, 0.2) is 0 Å². The van der Waals surface area contributed by atoms with E-state index in [0.717, 1.165) is 11.8 Å². The van der Waals surface area contributed by atoms with Crippen LogP contribution in [0.4, 0.5) is 5.82 Å². The van der Waals surface area contributed by atoms with E-state index >= 15 is 0 Å². The Morgan fingerprint density at radius 2 is 2.05 bits per heavy atom. The number of carboxylic acids is 1. The van der Waals surface area contributed by atoms with Crippen molar-refractivity contribution in [1.82, 2.24) is 9.97 Å². The molecule has 1 amide bonds. The third kappa shape index (κ3) is 4.24. The molecule has 0 spiro atoms. The van der Waals surface area contributed by atoms with Gasteiger partial charge in [-0.25, -0.2) is 9.78 Å². The third-order valence-electron chi connectivity index (χ3n) is 2.58. The number of nitrogens with one attached hydrogen (secondary N) is 1. The SMILES string of the molecule is Cc1ccc(C(=O)Nc2cccc(C=CC(=O)O)n2)cn1. The number of nitrogens with zero attached hydrogens (tertiary/aromatic N) is 2. The molecule has 0 atom stereocenters. The van der Waals surface area contributed by atoms with E-state index in [1.165, 1.54) is 12.3 Å². The van der Waals surface area contributed by atoms with Gasteiger partial charge in [0.2, 0.25) is 0 Å². The van der Waals surface area contributed by atoms with Crippen molar-refractivity contribution < 1.29 is 14.7 Å². The summed E-state index contributed by atoms with van der Waals surface area (Å²) in [7, 11) is 0. The fraction of sp³-hybridized carbons (Fsp3) is 0.0667. The number of amides is 1. The van der Waals surface area contributed by atoms with Gasteiger partial charge in [0.05, 0.1) is 11.3 Å². The minimum Gasteiger partial charge on any atom is -0.478 e. The number of anilines is 1. The summed E-state index contributed by atoms with van der Waals surface area (Å²) in [6.45, 7) is 1.83. The zero-order valence-corrected chi connectivity index (χ0v) is 11.3. The molecular weight excluding hydrogens is 270 g/mol. The summed E-state index contributed by atoms with van der Waals surface area (Å²) < 4.78 is 0. The highest BCUT2D eigenvalue weighted by Crippen LogP contribution is 2.09. The largest absolute Gasteiger partial charge is 0.478 e. The van der Waals surface area contributed by atoms with Crippen LogP contribution in [0.3, 0.4) is 0 Å². The summed E-state index contributed by atoms with van der Waals surface area (Å²) >= 11 is 0. The van der Waals surface area contributed by atoms with Crippen molar-refractivity contribution in [2.24, 2.45) is 0 Å². The molecule has 0 fully saturated rings. The number of pyridine rings is 2. The van der Waals surface area contributed by atoms with Gasteiger partial charge in [0.1, 0.15) is 5.82 Å². The molecule has 0 saturated carbocycles. The molecule has 2 rings (SSSR count). The Morgan fingerprint density at radius 1 is 1.24 bits per heavy atom. The van der Waals surface area contributed by atoms with E-state index in [-0.39, 0.29) is 5.91 Å². The number of carbonyl (C=O) groups excluding carboxylic acids is 1. The van der Waals surface area contributed by atoms with E-state index in [1.807, 2.05) is 6.92 Å². The van der Waals surface area contributed by atoms with E-state index in [0.29, 0.717) is 17.1 Å². The average Bonchev–Trinajstić information content (AvgIpc) is 2.46. The van der Waals surface area contributed by atoms with Crippen LogP contribution < -0.4 is 5.32 Å². The van der Waals surface area contributed by atoms with Crippen molar-refractivity contribution >= 4 is 23.8 Å². The lowest BCUT2D eigenvalue weighted by Gasteiger charge is -2.05.